The molecule has 2 aromatic carbocycles. The standard InChI is InChI=1S/C18H21N3O3/c1-4-20(5-2)16-10-7-14(8-11-16)18(22)19-15-9-6-13(3)17(12-15)21(23)24/h6-12H,4-5H2,1-3H3,(H,19,22). The van der Waals surface area contributed by atoms with Crippen LogP contribution in [0.2, 0.25) is 0 Å². The van der Waals surface area contributed by atoms with E-state index in [1.54, 1.807) is 31.2 Å². The number of nitro benzene ring substituents is 1. The van der Waals surface area contributed by atoms with E-state index in [2.05, 4.69) is 24.1 Å². The van der Waals surface area contributed by atoms with Gasteiger partial charge < -0.3 is 10.2 Å². The number of nitrogens with zero attached hydrogens (tertiary/aromatic N) is 2. The van der Waals surface area contributed by atoms with Crippen molar-refractivity contribution in [3.63, 3.8) is 0 Å². The van der Waals surface area contributed by atoms with Crippen LogP contribution in [0.25, 0.3) is 0 Å². The Labute approximate surface area is 141 Å². The predicted octanol–water partition coefficient (Wildman–Crippen LogP) is 4.00. The third-order valence-corrected chi connectivity index (χ3v) is 3.92. The lowest BCUT2D eigenvalue weighted by molar-refractivity contribution is -0.385. The number of amides is 1. The van der Waals surface area contributed by atoms with Crippen LogP contribution in [0.3, 0.4) is 0 Å². The molecule has 0 saturated carbocycles. The summed E-state index contributed by atoms with van der Waals surface area (Å²) in [4.78, 5) is 25.0. The average Bonchev–Trinajstić information content (AvgIpc) is 2.58. The van der Waals surface area contributed by atoms with Crippen LogP contribution in [-0.4, -0.2) is 23.9 Å². The maximum Gasteiger partial charge on any atom is 0.274 e. The molecule has 0 aliphatic rings. The minimum atomic E-state index is -0.454. The Hall–Kier alpha value is -2.89. The molecule has 0 atom stereocenters. The number of benzene rings is 2. The first-order chi connectivity index (χ1) is 11.5. The highest BCUT2D eigenvalue weighted by atomic mass is 16.6. The number of hydrogen-bond acceptors (Lipinski definition) is 4. The average molecular weight is 327 g/mol. The summed E-state index contributed by atoms with van der Waals surface area (Å²) in [5.74, 6) is -0.292. The zero-order chi connectivity index (χ0) is 17.7. The summed E-state index contributed by atoms with van der Waals surface area (Å²) in [5.41, 5.74) is 2.52. The molecule has 126 valence electrons. The van der Waals surface area contributed by atoms with Gasteiger partial charge in [-0.3, -0.25) is 14.9 Å². The van der Waals surface area contributed by atoms with Gasteiger partial charge in [-0.1, -0.05) is 6.07 Å². The maximum atomic E-state index is 12.3. The van der Waals surface area contributed by atoms with Gasteiger partial charge in [0.2, 0.25) is 0 Å². The van der Waals surface area contributed by atoms with Gasteiger partial charge in [0, 0.05) is 41.7 Å². The normalized spacial score (nSPS) is 10.3. The van der Waals surface area contributed by atoms with Gasteiger partial charge in [0.05, 0.1) is 4.92 Å². The molecule has 0 aliphatic heterocycles. The summed E-state index contributed by atoms with van der Waals surface area (Å²) in [6.07, 6.45) is 0. The fourth-order valence-electron chi connectivity index (χ4n) is 2.50. The van der Waals surface area contributed by atoms with Crippen molar-refractivity contribution in [3.05, 3.63) is 63.7 Å². The monoisotopic (exact) mass is 327 g/mol. The molecule has 0 aliphatic carbocycles. The molecule has 1 N–H and O–H groups in total. The van der Waals surface area contributed by atoms with Crippen LogP contribution in [0, 0.1) is 17.0 Å². The second-order valence-electron chi connectivity index (χ2n) is 5.43. The lowest BCUT2D eigenvalue weighted by Gasteiger charge is -2.21. The SMILES string of the molecule is CCN(CC)c1ccc(C(=O)Nc2ccc(C)c([N+](=O)[O-])c2)cc1. The largest absolute Gasteiger partial charge is 0.372 e. The number of anilines is 2. The van der Waals surface area contributed by atoms with Gasteiger partial charge in [-0.15, -0.1) is 0 Å². The van der Waals surface area contributed by atoms with Crippen LogP contribution in [-0.2, 0) is 0 Å². The summed E-state index contributed by atoms with van der Waals surface area (Å²) in [5, 5.41) is 13.7. The van der Waals surface area contributed by atoms with E-state index in [0.29, 0.717) is 16.8 Å². The fourth-order valence-corrected chi connectivity index (χ4v) is 2.50. The molecule has 2 rings (SSSR count). The summed E-state index contributed by atoms with van der Waals surface area (Å²) in [6, 6.07) is 12.0. The van der Waals surface area contributed by atoms with Gasteiger partial charge in [0.25, 0.3) is 11.6 Å². The Balaban J connectivity index is 2.15. The third-order valence-electron chi connectivity index (χ3n) is 3.92. The number of nitro groups is 1. The highest BCUT2D eigenvalue weighted by molar-refractivity contribution is 6.04. The van der Waals surface area contributed by atoms with Crippen LogP contribution < -0.4 is 10.2 Å². The van der Waals surface area contributed by atoms with Gasteiger partial charge in [0.1, 0.15) is 0 Å². The van der Waals surface area contributed by atoms with Crippen molar-refractivity contribution < 1.29 is 9.72 Å². The van der Waals surface area contributed by atoms with Gasteiger partial charge >= 0.3 is 0 Å². The summed E-state index contributed by atoms with van der Waals surface area (Å²) in [7, 11) is 0. The topological polar surface area (TPSA) is 75.5 Å². The number of aryl methyl sites for hydroxylation is 1. The van der Waals surface area contributed by atoms with Crippen molar-refractivity contribution in [1.29, 1.82) is 0 Å². The van der Waals surface area contributed by atoms with Crippen molar-refractivity contribution in [2.75, 3.05) is 23.3 Å². The van der Waals surface area contributed by atoms with Crippen molar-refractivity contribution in [3.8, 4) is 0 Å². The lowest BCUT2D eigenvalue weighted by Crippen LogP contribution is -2.21. The summed E-state index contributed by atoms with van der Waals surface area (Å²) >= 11 is 0. The Bertz CT molecular complexity index is 738. The molecule has 1 amide bonds. The molecule has 0 radical (unpaired) electrons. The number of nitrogens with one attached hydrogen (secondary N) is 1. The first-order valence-electron chi connectivity index (χ1n) is 7.87. The predicted molar refractivity (Wildman–Crippen MR) is 95.8 cm³/mol. The zero-order valence-corrected chi connectivity index (χ0v) is 14.1. The molecule has 6 heteroatoms. The van der Waals surface area contributed by atoms with Crippen LogP contribution >= 0.6 is 0 Å². The minimum Gasteiger partial charge on any atom is -0.372 e. The van der Waals surface area contributed by atoms with Crippen LogP contribution in [0.4, 0.5) is 17.1 Å². The Morgan fingerprint density at radius 3 is 2.29 bits per heavy atom. The van der Waals surface area contributed by atoms with Crippen LogP contribution in [0.5, 0.6) is 0 Å². The van der Waals surface area contributed by atoms with E-state index in [4.69, 9.17) is 0 Å². The Morgan fingerprint density at radius 2 is 1.75 bits per heavy atom. The summed E-state index contributed by atoms with van der Waals surface area (Å²) in [6.45, 7) is 7.61. The number of carbonyl (C=O) groups is 1. The zero-order valence-electron chi connectivity index (χ0n) is 14.1. The van der Waals surface area contributed by atoms with Gasteiger partial charge in [-0.05, 0) is 51.1 Å². The van der Waals surface area contributed by atoms with Crippen molar-refractivity contribution in [2.24, 2.45) is 0 Å². The van der Waals surface area contributed by atoms with E-state index in [1.807, 2.05) is 12.1 Å². The fraction of sp³-hybridized carbons (Fsp3) is 0.278. The van der Waals surface area contributed by atoms with E-state index < -0.39 is 4.92 Å². The minimum absolute atomic E-state index is 0.00955. The molecule has 24 heavy (non-hydrogen) atoms. The summed E-state index contributed by atoms with van der Waals surface area (Å²) < 4.78 is 0. The molecule has 2 aromatic rings. The van der Waals surface area contributed by atoms with Gasteiger partial charge in [-0.25, -0.2) is 0 Å². The van der Waals surface area contributed by atoms with Crippen LogP contribution in [0.15, 0.2) is 42.5 Å². The molecular weight excluding hydrogens is 306 g/mol. The molecule has 0 fully saturated rings. The molecule has 0 aromatic heterocycles. The molecule has 0 unspecified atom stereocenters. The van der Waals surface area contributed by atoms with Gasteiger partial charge in [0.15, 0.2) is 0 Å². The van der Waals surface area contributed by atoms with Crippen LogP contribution in [0.1, 0.15) is 29.8 Å². The smallest absolute Gasteiger partial charge is 0.274 e. The van der Waals surface area contributed by atoms with E-state index in [1.165, 1.54) is 6.07 Å². The quantitative estimate of drug-likeness (QED) is 0.642. The molecule has 0 spiro atoms. The first kappa shape index (κ1) is 17.5. The number of hydrogen-bond donors (Lipinski definition) is 1. The second-order valence-corrected chi connectivity index (χ2v) is 5.43. The lowest BCUT2D eigenvalue weighted by atomic mass is 10.1. The van der Waals surface area contributed by atoms with Crippen molar-refractivity contribution in [2.45, 2.75) is 20.8 Å². The molecule has 0 bridgehead atoms. The highest BCUT2D eigenvalue weighted by Crippen LogP contribution is 2.23. The third kappa shape index (κ3) is 3.90. The van der Waals surface area contributed by atoms with Crippen molar-refractivity contribution >= 4 is 23.0 Å². The van der Waals surface area contributed by atoms with E-state index >= 15 is 0 Å². The Kier molecular flexibility index (Phi) is 5.52. The Morgan fingerprint density at radius 1 is 1.12 bits per heavy atom. The van der Waals surface area contributed by atoms with E-state index in [0.717, 1.165) is 18.8 Å². The first-order valence-corrected chi connectivity index (χ1v) is 7.87. The number of rotatable bonds is 6. The molecule has 0 heterocycles. The molecule has 0 saturated heterocycles. The van der Waals surface area contributed by atoms with Gasteiger partial charge in [-0.2, -0.15) is 0 Å². The molecule has 6 nitrogen and oxygen atoms in total. The highest BCUT2D eigenvalue weighted by Gasteiger charge is 2.13. The van der Waals surface area contributed by atoms with E-state index in [9.17, 15) is 14.9 Å². The van der Waals surface area contributed by atoms with E-state index in [-0.39, 0.29) is 11.6 Å². The second kappa shape index (κ2) is 7.59. The molecular formula is C18H21N3O3. The van der Waals surface area contributed by atoms with Crippen molar-refractivity contribution in [1.82, 2.24) is 0 Å². The number of carbonyl (C=O) groups excluding carboxylic acids is 1. The maximum absolute atomic E-state index is 12.3.